The number of amides is 1. The quantitative estimate of drug-likeness (QED) is 0.725. The number of nitrogens with zero attached hydrogens (tertiary/aromatic N) is 6. The first-order chi connectivity index (χ1) is 14.2. The second-order valence-corrected chi connectivity index (χ2v) is 8.33. The molecule has 29 heavy (non-hydrogen) atoms. The first-order valence-corrected chi connectivity index (χ1v) is 10.2. The Bertz CT molecular complexity index is 1080. The van der Waals surface area contributed by atoms with E-state index in [2.05, 4.69) is 30.3 Å². The van der Waals surface area contributed by atoms with Gasteiger partial charge in [0.2, 0.25) is 11.7 Å². The van der Waals surface area contributed by atoms with Crippen molar-refractivity contribution in [3.05, 3.63) is 41.4 Å². The molecule has 0 spiro atoms. The van der Waals surface area contributed by atoms with Crippen LogP contribution in [0.2, 0.25) is 0 Å². The van der Waals surface area contributed by atoms with Gasteiger partial charge >= 0.3 is 0 Å². The van der Waals surface area contributed by atoms with Crippen LogP contribution in [-0.2, 0) is 18.3 Å². The van der Waals surface area contributed by atoms with Crippen molar-refractivity contribution in [2.45, 2.75) is 43.9 Å². The fourth-order valence-corrected chi connectivity index (χ4v) is 5.38. The second kappa shape index (κ2) is 6.20. The number of hydrogen-bond donors (Lipinski definition) is 1. The summed E-state index contributed by atoms with van der Waals surface area (Å²) in [7, 11) is 0. The van der Waals surface area contributed by atoms with Crippen LogP contribution in [0.15, 0.2) is 23.1 Å². The molecule has 4 heterocycles. The molecule has 2 fully saturated rings. The van der Waals surface area contributed by atoms with Gasteiger partial charge in [0.15, 0.2) is 5.69 Å². The Hall–Kier alpha value is -3.10. The Balaban J connectivity index is 1.31. The van der Waals surface area contributed by atoms with E-state index in [0.717, 1.165) is 49.8 Å². The van der Waals surface area contributed by atoms with Crippen LogP contribution in [0.4, 0.5) is 0 Å². The smallest absolute Gasteiger partial charge is 0.274 e. The molecule has 3 aromatic rings. The maximum atomic E-state index is 13.3. The molecule has 3 aliphatic rings. The highest BCUT2D eigenvalue weighted by Crippen LogP contribution is 2.50. The molecular weight excluding hydrogens is 370 g/mol. The summed E-state index contributed by atoms with van der Waals surface area (Å²) in [5, 5.41) is 11.5. The topological polar surface area (TPSA) is 114 Å². The molecule has 1 saturated heterocycles. The van der Waals surface area contributed by atoms with Crippen LogP contribution < -0.4 is 0 Å². The van der Waals surface area contributed by atoms with Gasteiger partial charge in [0.1, 0.15) is 5.69 Å². The van der Waals surface area contributed by atoms with Gasteiger partial charge in [-0.05, 0) is 38.0 Å². The van der Waals surface area contributed by atoms with Gasteiger partial charge in [-0.3, -0.25) is 14.9 Å². The average Bonchev–Trinajstić information content (AvgIpc) is 3.53. The molecule has 1 aliphatic heterocycles. The molecule has 6 rings (SSSR count). The summed E-state index contributed by atoms with van der Waals surface area (Å²) in [5.41, 5.74) is 3.13. The number of fused-ring (bicyclic) bond motifs is 2. The van der Waals surface area contributed by atoms with Crippen molar-refractivity contribution in [2.24, 2.45) is 5.92 Å². The van der Waals surface area contributed by atoms with E-state index in [1.54, 1.807) is 18.6 Å². The summed E-state index contributed by atoms with van der Waals surface area (Å²) >= 11 is 0. The Morgan fingerprint density at radius 3 is 3.14 bits per heavy atom. The van der Waals surface area contributed by atoms with Gasteiger partial charge in [0.05, 0.1) is 11.6 Å². The summed E-state index contributed by atoms with van der Waals surface area (Å²) in [6.45, 7) is 1.31. The largest absolute Gasteiger partial charge is 0.338 e. The van der Waals surface area contributed by atoms with E-state index in [0.29, 0.717) is 42.1 Å². The van der Waals surface area contributed by atoms with Crippen molar-refractivity contribution < 1.29 is 9.32 Å². The maximum absolute atomic E-state index is 13.3. The summed E-state index contributed by atoms with van der Waals surface area (Å²) in [5.74, 6) is 1.41. The standard InChI is InChI=1S/C20H21N7O2/c28-18(16-13-4-1-5-14(13)24-25-16)27-10-12-3-2-6-20(12,11-27)19-23-17(26-29-19)15-9-21-7-8-22-15/h7-9,12H,1-6,10-11H2,(H,24,25)/t12-,20-/m1/s1. The highest BCUT2D eigenvalue weighted by molar-refractivity contribution is 5.94. The molecule has 3 aromatic heterocycles. The third-order valence-electron chi connectivity index (χ3n) is 6.81. The summed E-state index contributed by atoms with van der Waals surface area (Å²) < 4.78 is 5.71. The van der Waals surface area contributed by atoms with Crippen molar-refractivity contribution >= 4 is 5.91 Å². The van der Waals surface area contributed by atoms with Crippen molar-refractivity contribution in [2.75, 3.05) is 13.1 Å². The van der Waals surface area contributed by atoms with E-state index < -0.39 is 0 Å². The molecule has 2 atom stereocenters. The second-order valence-electron chi connectivity index (χ2n) is 8.33. The lowest BCUT2D eigenvalue weighted by Crippen LogP contribution is -2.35. The van der Waals surface area contributed by atoms with Crippen molar-refractivity contribution in [3.8, 4) is 11.5 Å². The molecular formula is C20H21N7O2. The molecule has 1 N–H and O–H groups in total. The number of aromatic nitrogens is 6. The minimum Gasteiger partial charge on any atom is -0.338 e. The fourth-order valence-electron chi connectivity index (χ4n) is 5.38. The third kappa shape index (κ3) is 2.46. The molecule has 1 amide bonds. The molecule has 148 valence electrons. The van der Waals surface area contributed by atoms with Gasteiger partial charge in [-0.25, -0.2) is 4.98 Å². The van der Waals surface area contributed by atoms with E-state index in [-0.39, 0.29) is 11.3 Å². The van der Waals surface area contributed by atoms with Crippen LogP contribution in [0.25, 0.3) is 11.5 Å². The summed E-state index contributed by atoms with van der Waals surface area (Å²) in [4.78, 5) is 28.2. The minimum atomic E-state index is -0.275. The van der Waals surface area contributed by atoms with Gasteiger partial charge in [-0.2, -0.15) is 10.1 Å². The first-order valence-electron chi connectivity index (χ1n) is 10.2. The van der Waals surface area contributed by atoms with Crippen LogP contribution in [0.5, 0.6) is 0 Å². The number of carbonyl (C=O) groups is 1. The van der Waals surface area contributed by atoms with Crippen LogP contribution in [0.3, 0.4) is 0 Å². The lowest BCUT2D eigenvalue weighted by Gasteiger charge is -2.24. The Kier molecular flexibility index (Phi) is 3.60. The predicted octanol–water partition coefficient (Wildman–Crippen LogP) is 1.93. The van der Waals surface area contributed by atoms with Crippen LogP contribution in [0, 0.1) is 5.92 Å². The lowest BCUT2D eigenvalue weighted by atomic mass is 9.80. The fraction of sp³-hybridized carbons (Fsp3) is 0.500. The maximum Gasteiger partial charge on any atom is 0.274 e. The number of nitrogens with one attached hydrogen (secondary N) is 1. The SMILES string of the molecule is O=C(c1n[nH]c2c1CCC2)N1C[C@H]2CCC[C@@]2(c2nc(-c3cnccn3)no2)C1. The van der Waals surface area contributed by atoms with Crippen LogP contribution in [0.1, 0.15) is 53.3 Å². The van der Waals surface area contributed by atoms with Gasteiger partial charge in [-0.15, -0.1) is 0 Å². The number of likely N-dealkylation sites (tertiary alicyclic amines) is 1. The summed E-state index contributed by atoms with van der Waals surface area (Å²) in [6, 6.07) is 0. The lowest BCUT2D eigenvalue weighted by molar-refractivity contribution is 0.0768. The van der Waals surface area contributed by atoms with Gasteiger partial charge in [0.25, 0.3) is 5.91 Å². The highest BCUT2D eigenvalue weighted by atomic mass is 16.5. The van der Waals surface area contributed by atoms with Crippen molar-refractivity contribution in [1.82, 2.24) is 35.2 Å². The number of aryl methyl sites for hydroxylation is 1. The molecule has 0 bridgehead atoms. The molecule has 1 saturated carbocycles. The zero-order valence-electron chi connectivity index (χ0n) is 16.0. The number of hydrogen-bond acceptors (Lipinski definition) is 7. The monoisotopic (exact) mass is 391 g/mol. The molecule has 0 aromatic carbocycles. The Labute approximate surface area is 166 Å². The van der Waals surface area contributed by atoms with Crippen molar-refractivity contribution in [3.63, 3.8) is 0 Å². The van der Waals surface area contributed by atoms with Gasteiger partial charge in [0, 0.05) is 36.7 Å². The summed E-state index contributed by atoms with van der Waals surface area (Å²) in [6.07, 6.45) is 11.0. The molecule has 9 nitrogen and oxygen atoms in total. The van der Waals surface area contributed by atoms with Crippen LogP contribution >= 0.6 is 0 Å². The third-order valence-corrected chi connectivity index (χ3v) is 6.81. The first kappa shape index (κ1) is 16.8. The number of aromatic amines is 1. The van der Waals surface area contributed by atoms with E-state index in [9.17, 15) is 4.79 Å². The molecule has 9 heteroatoms. The zero-order chi connectivity index (χ0) is 19.4. The van der Waals surface area contributed by atoms with E-state index >= 15 is 0 Å². The molecule has 0 unspecified atom stereocenters. The minimum absolute atomic E-state index is 0.0202. The predicted molar refractivity (Wildman–Crippen MR) is 101 cm³/mol. The van der Waals surface area contributed by atoms with Crippen LogP contribution in [-0.4, -0.2) is 54.2 Å². The number of rotatable bonds is 3. The Morgan fingerprint density at radius 1 is 1.28 bits per heavy atom. The zero-order valence-corrected chi connectivity index (χ0v) is 16.0. The van der Waals surface area contributed by atoms with E-state index in [4.69, 9.17) is 4.52 Å². The van der Waals surface area contributed by atoms with Gasteiger partial charge < -0.3 is 9.42 Å². The Morgan fingerprint density at radius 2 is 2.24 bits per heavy atom. The average molecular weight is 391 g/mol. The van der Waals surface area contributed by atoms with E-state index in [1.807, 2.05) is 4.90 Å². The number of H-pyrrole nitrogens is 1. The van der Waals surface area contributed by atoms with Crippen molar-refractivity contribution in [1.29, 1.82) is 0 Å². The molecule has 2 aliphatic carbocycles. The normalized spacial score (nSPS) is 25.4. The molecule has 0 radical (unpaired) electrons. The number of carbonyl (C=O) groups excluding carboxylic acids is 1. The van der Waals surface area contributed by atoms with Gasteiger partial charge in [-0.1, -0.05) is 11.6 Å². The van der Waals surface area contributed by atoms with E-state index in [1.165, 1.54) is 0 Å². The highest BCUT2D eigenvalue weighted by Gasteiger charge is 2.55.